The van der Waals surface area contributed by atoms with Crippen molar-refractivity contribution in [1.82, 2.24) is 14.8 Å². The maximum absolute atomic E-state index is 12.6. The average molecular weight is 446 g/mol. The van der Waals surface area contributed by atoms with Gasteiger partial charge in [-0.2, -0.15) is 0 Å². The zero-order valence-corrected chi connectivity index (χ0v) is 19.1. The Morgan fingerprint density at radius 3 is 2.67 bits per heavy atom. The molecule has 3 aliphatic rings. The summed E-state index contributed by atoms with van der Waals surface area (Å²) in [7, 11) is 0. The Morgan fingerprint density at radius 1 is 1.15 bits per heavy atom. The largest absolute Gasteiger partial charge is 0.492 e. The molecule has 6 rings (SSSR count). The highest BCUT2D eigenvalue weighted by molar-refractivity contribution is 5.85. The van der Waals surface area contributed by atoms with Crippen LogP contribution in [0.1, 0.15) is 37.6 Å². The predicted octanol–water partition coefficient (Wildman–Crippen LogP) is 5.47. The van der Waals surface area contributed by atoms with Gasteiger partial charge in [-0.1, -0.05) is 30.3 Å². The third kappa shape index (κ3) is 3.66. The molecule has 0 unspecified atom stereocenters. The van der Waals surface area contributed by atoms with Crippen LogP contribution in [-0.2, 0) is 6.42 Å². The van der Waals surface area contributed by atoms with Crippen LogP contribution in [0.25, 0.3) is 10.9 Å². The van der Waals surface area contributed by atoms with E-state index in [1.54, 1.807) is 0 Å². The number of fused-ring (bicyclic) bond motifs is 3. The molecule has 1 saturated heterocycles. The number of alkyl halides is 1. The Bertz CT molecular complexity index is 1220. The molecule has 0 saturated carbocycles. The molecule has 4 nitrogen and oxygen atoms in total. The van der Waals surface area contributed by atoms with Crippen LogP contribution in [0, 0.1) is 5.92 Å². The number of aromatic nitrogens is 1. The molecule has 1 N–H and O–H groups in total. The Balaban J connectivity index is 0.00000241. The third-order valence-corrected chi connectivity index (χ3v) is 7.37. The lowest BCUT2D eigenvalue weighted by atomic mass is 9.87. The van der Waals surface area contributed by atoms with Crippen LogP contribution in [0.5, 0.6) is 5.75 Å². The number of hydrogen-bond acceptors (Lipinski definition) is 3. The summed E-state index contributed by atoms with van der Waals surface area (Å²) in [4.78, 5) is 8.53. The first-order valence-corrected chi connectivity index (χ1v) is 12.0. The molecule has 3 aromatic rings. The summed E-state index contributed by atoms with van der Waals surface area (Å²) in [5.41, 5.74) is 9.92. The van der Waals surface area contributed by atoms with Gasteiger partial charge in [0.1, 0.15) is 12.4 Å². The fourth-order valence-electron chi connectivity index (χ4n) is 5.58. The molecular formula is C28H32FN3O. The fraction of sp³-hybridized carbons (Fsp3) is 0.393. The number of likely N-dealkylation sites (tertiary alicyclic amines) is 1. The molecule has 1 aliphatic carbocycles. The van der Waals surface area contributed by atoms with E-state index in [1.807, 2.05) is 0 Å². The maximum Gasteiger partial charge on any atom is 0.119 e. The van der Waals surface area contributed by atoms with Crippen LogP contribution in [0.2, 0.25) is 0 Å². The molecule has 3 heterocycles. The van der Waals surface area contributed by atoms with Gasteiger partial charge in [0.15, 0.2) is 0 Å². The van der Waals surface area contributed by atoms with Crippen LogP contribution < -0.4 is 4.74 Å². The Labute approximate surface area is 195 Å². The summed E-state index contributed by atoms with van der Waals surface area (Å²) in [6.07, 6.45) is 4.13. The lowest BCUT2D eigenvalue weighted by Crippen LogP contribution is -2.49. The minimum atomic E-state index is -0.208. The number of nitrogens with one attached hydrogen (secondary N) is 1. The highest BCUT2D eigenvalue weighted by Gasteiger charge is 2.37. The van der Waals surface area contributed by atoms with Gasteiger partial charge >= 0.3 is 0 Å². The molecule has 0 bridgehead atoms. The number of ether oxygens (including phenoxy) is 1. The summed E-state index contributed by atoms with van der Waals surface area (Å²) in [5.74, 6) is 1.11. The van der Waals surface area contributed by atoms with E-state index in [1.165, 1.54) is 33.4 Å². The average Bonchev–Trinajstić information content (AvgIpc) is 3.13. The van der Waals surface area contributed by atoms with Crippen LogP contribution in [0.4, 0.5) is 4.39 Å². The van der Waals surface area contributed by atoms with Crippen LogP contribution in [-0.4, -0.2) is 53.7 Å². The third-order valence-electron chi connectivity index (χ3n) is 7.37. The molecule has 1 aromatic heterocycles. The van der Waals surface area contributed by atoms with E-state index in [2.05, 4.69) is 82.0 Å². The van der Waals surface area contributed by atoms with E-state index in [4.69, 9.17) is 4.74 Å². The van der Waals surface area contributed by atoms with Gasteiger partial charge in [-0.25, -0.2) is 0 Å². The normalized spacial score (nSPS) is 22.6. The SMILES string of the molecule is C[C@@H]1Cc2c([nH]c3ccccc23)[C@@H](c2ccc(OCCN3CC(CF)C3)cc2)N1C1=C=CC1.[HH]. The maximum atomic E-state index is 12.6. The van der Waals surface area contributed by atoms with Crippen LogP contribution in [0.3, 0.4) is 0 Å². The quantitative estimate of drug-likeness (QED) is 0.489. The lowest BCUT2D eigenvalue weighted by Gasteiger charge is -2.44. The Morgan fingerprint density at radius 2 is 1.94 bits per heavy atom. The minimum absolute atomic E-state index is 0. The highest BCUT2D eigenvalue weighted by atomic mass is 19.1. The van der Waals surface area contributed by atoms with Crippen molar-refractivity contribution in [2.75, 3.05) is 32.9 Å². The van der Waals surface area contributed by atoms with Gasteiger partial charge in [0, 0.05) is 56.0 Å². The van der Waals surface area contributed by atoms with Crippen molar-refractivity contribution in [3.05, 3.63) is 82.9 Å². The molecule has 5 heteroatoms. The molecule has 2 aliphatic heterocycles. The van der Waals surface area contributed by atoms with Gasteiger partial charge in [0.25, 0.3) is 0 Å². The highest BCUT2D eigenvalue weighted by Crippen LogP contribution is 2.44. The predicted molar refractivity (Wildman–Crippen MR) is 131 cm³/mol. The molecular weight excluding hydrogens is 413 g/mol. The summed E-state index contributed by atoms with van der Waals surface area (Å²) in [5, 5.41) is 1.34. The van der Waals surface area contributed by atoms with E-state index in [0.29, 0.717) is 12.6 Å². The lowest BCUT2D eigenvalue weighted by molar-refractivity contribution is 0.0668. The second-order valence-electron chi connectivity index (χ2n) is 9.62. The monoisotopic (exact) mass is 445 g/mol. The van der Waals surface area contributed by atoms with E-state index in [-0.39, 0.29) is 20.1 Å². The molecule has 33 heavy (non-hydrogen) atoms. The van der Waals surface area contributed by atoms with Gasteiger partial charge in [-0.05, 0) is 48.7 Å². The molecule has 0 radical (unpaired) electrons. The van der Waals surface area contributed by atoms with Crippen LogP contribution in [0.15, 0.2) is 66.0 Å². The fourth-order valence-corrected chi connectivity index (χ4v) is 5.58. The molecule has 172 valence electrons. The second kappa shape index (κ2) is 8.40. The molecule has 2 atom stereocenters. The number of rotatable bonds is 7. The number of H-pyrrole nitrogens is 1. The summed E-state index contributed by atoms with van der Waals surface area (Å²) < 4.78 is 18.6. The van der Waals surface area contributed by atoms with Crippen molar-refractivity contribution < 1.29 is 10.6 Å². The Kier molecular flexibility index (Phi) is 5.24. The van der Waals surface area contributed by atoms with E-state index in [9.17, 15) is 4.39 Å². The van der Waals surface area contributed by atoms with Crippen molar-refractivity contribution in [2.24, 2.45) is 5.92 Å². The van der Waals surface area contributed by atoms with Crippen molar-refractivity contribution in [3.63, 3.8) is 0 Å². The van der Waals surface area contributed by atoms with Gasteiger partial charge < -0.3 is 14.6 Å². The summed E-state index contributed by atoms with van der Waals surface area (Å²) in [6, 6.07) is 17.7. The number of benzene rings is 2. The smallest absolute Gasteiger partial charge is 0.119 e. The van der Waals surface area contributed by atoms with Crippen molar-refractivity contribution in [1.29, 1.82) is 0 Å². The van der Waals surface area contributed by atoms with Gasteiger partial charge in [-0.3, -0.25) is 9.29 Å². The minimum Gasteiger partial charge on any atom is -0.492 e. The molecule has 1 fully saturated rings. The zero-order valence-electron chi connectivity index (χ0n) is 19.1. The Hall–Kier alpha value is -3.01. The molecule has 2 aromatic carbocycles. The molecule has 0 spiro atoms. The van der Waals surface area contributed by atoms with Crippen molar-refractivity contribution in [2.45, 2.75) is 31.8 Å². The second-order valence-corrected chi connectivity index (χ2v) is 9.62. The number of nitrogens with zero attached hydrogens (tertiary/aromatic N) is 2. The van der Waals surface area contributed by atoms with Gasteiger partial charge in [0.05, 0.1) is 18.4 Å². The number of hydrogen-bond donors (Lipinski definition) is 1. The molecule has 0 amide bonds. The van der Waals surface area contributed by atoms with Crippen molar-refractivity contribution >= 4 is 10.9 Å². The zero-order chi connectivity index (χ0) is 22.4. The standard InChI is InChI=1S/C28H30FN3O.H2/c1-19-15-25-24-7-2-3-8-26(24)30-27(25)28(32(19)22-5-4-6-22)21-9-11-23(12-10-21)33-14-13-31-17-20(16-29)18-31;/h2-4,7-12,19-20,28,30H,5,13-18H2,1H3;1H/t19-,28-;/m1./s1. The summed E-state index contributed by atoms with van der Waals surface area (Å²) in [6.45, 7) is 5.31. The number of halogens is 1. The first-order chi connectivity index (χ1) is 16.2. The van der Waals surface area contributed by atoms with Crippen LogP contribution >= 0.6 is 0 Å². The van der Waals surface area contributed by atoms with Gasteiger partial charge in [0.2, 0.25) is 0 Å². The van der Waals surface area contributed by atoms with Gasteiger partial charge in [-0.15, -0.1) is 5.73 Å². The number of aromatic amines is 1. The van der Waals surface area contributed by atoms with E-state index in [0.717, 1.165) is 38.2 Å². The topological polar surface area (TPSA) is 31.5 Å². The van der Waals surface area contributed by atoms with Crippen molar-refractivity contribution in [3.8, 4) is 5.75 Å². The van der Waals surface area contributed by atoms with E-state index < -0.39 is 0 Å². The summed E-state index contributed by atoms with van der Waals surface area (Å²) >= 11 is 0. The number of para-hydroxylation sites is 1. The first-order valence-electron chi connectivity index (χ1n) is 12.0. The van der Waals surface area contributed by atoms with E-state index >= 15 is 0 Å². The first kappa shape index (κ1) is 20.6.